The summed E-state index contributed by atoms with van der Waals surface area (Å²) in [5, 5.41) is 0. The molecule has 7 nitrogen and oxygen atoms in total. The Kier molecular flexibility index (Phi) is 5.55. The molecule has 0 aromatic carbocycles. The van der Waals surface area contributed by atoms with Gasteiger partial charge in [-0.05, 0) is 19.1 Å². The van der Waals surface area contributed by atoms with Crippen molar-refractivity contribution in [1.29, 1.82) is 0 Å². The highest BCUT2D eigenvalue weighted by Crippen LogP contribution is 2.13. The molecule has 2 aromatic rings. The van der Waals surface area contributed by atoms with Crippen LogP contribution < -0.4 is 0 Å². The van der Waals surface area contributed by atoms with Crippen molar-refractivity contribution in [3.63, 3.8) is 0 Å². The molecule has 0 spiro atoms. The monoisotopic (exact) mass is 345 g/mol. The molecule has 1 atom stereocenters. The van der Waals surface area contributed by atoms with Crippen molar-refractivity contribution >= 4 is 5.91 Å². The number of hydrogen-bond acceptors (Lipinski definition) is 5. The molecule has 25 heavy (non-hydrogen) atoms. The zero-order valence-corrected chi connectivity index (χ0v) is 15.3. The van der Waals surface area contributed by atoms with Gasteiger partial charge in [-0.2, -0.15) is 0 Å². The molecule has 0 aliphatic carbocycles. The third-order valence-electron chi connectivity index (χ3n) is 4.87. The average molecular weight is 345 g/mol. The largest absolute Gasteiger partial charge is 0.467 e. The summed E-state index contributed by atoms with van der Waals surface area (Å²) >= 11 is 0. The van der Waals surface area contributed by atoms with Crippen LogP contribution in [0.2, 0.25) is 0 Å². The van der Waals surface area contributed by atoms with E-state index in [-0.39, 0.29) is 5.91 Å². The van der Waals surface area contributed by atoms with E-state index < -0.39 is 0 Å². The SMILES string of the molecule is CC1CN(CC(=O)N(C)Cc2ccco2)CCN1Cc1nccn1C. The fraction of sp³-hybridized carbons (Fsp3) is 0.556. The van der Waals surface area contributed by atoms with E-state index >= 15 is 0 Å². The summed E-state index contributed by atoms with van der Waals surface area (Å²) in [4.78, 5) is 23.2. The highest BCUT2D eigenvalue weighted by atomic mass is 16.3. The highest BCUT2D eigenvalue weighted by molar-refractivity contribution is 5.77. The molecule has 3 heterocycles. The number of aryl methyl sites for hydroxylation is 1. The first-order valence-corrected chi connectivity index (χ1v) is 8.72. The van der Waals surface area contributed by atoms with Crippen LogP contribution in [0.25, 0.3) is 0 Å². The Balaban J connectivity index is 1.47. The maximum absolute atomic E-state index is 12.4. The summed E-state index contributed by atoms with van der Waals surface area (Å²) in [6.45, 7) is 6.78. The van der Waals surface area contributed by atoms with E-state index in [9.17, 15) is 4.79 Å². The van der Waals surface area contributed by atoms with Crippen molar-refractivity contribution < 1.29 is 9.21 Å². The van der Waals surface area contributed by atoms with Crippen LogP contribution in [0.1, 0.15) is 18.5 Å². The van der Waals surface area contributed by atoms with Crippen molar-refractivity contribution in [2.24, 2.45) is 7.05 Å². The summed E-state index contributed by atoms with van der Waals surface area (Å²) in [5.74, 6) is 2.01. The highest BCUT2D eigenvalue weighted by Gasteiger charge is 2.26. The number of nitrogens with zero attached hydrogens (tertiary/aromatic N) is 5. The molecule has 0 N–H and O–H groups in total. The lowest BCUT2D eigenvalue weighted by Crippen LogP contribution is -2.53. The minimum atomic E-state index is 0.126. The molecule has 1 fully saturated rings. The molecule has 0 saturated carbocycles. The molecule has 136 valence electrons. The predicted octanol–water partition coefficient (Wildman–Crippen LogP) is 1.18. The maximum Gasteiger partial charge on any atom is 0.236 e. The molecule has 3 rings (SSSR count). The van der Waals surface area contributed by atoms with Crippen molar-refractivity contribution in [3.05, 3.63) is 42.4 Å². The third-order valence-corrected chi connectivity index (χ3v) is 4.87. The molecule has 1 aliphatic heterocycles. The molecular formula is C18H27N5O2. The molecule has 0 bridgehead atoms. The number of rotatable bonds is 6. The second-order valence-corrected chi connectivity index (χ2v) is 6.84. The van der Waals surface area contributed by atoms with Crippen LogP contribution in [-0.2, 0) is 24.9 Å². The number of aromatic nitrogens is 2. The Hall–Kier alpha value is -2.12. The quantitative estimate of drug-likeness (QED) is 0.787. The number of furan rings is 1. The van der Waals surface area contributed by atoms with Crippen molar-refractivity contribution in [3.8, 4) is 0 Å². The van der Waals surface area contributed by atoms with E-state index in [1.54, 1.807) is 11.2 Å². The number of imidazole rings is 1. The van der Waals surface area contributed by atoms with Gasteiger partial charge in [0.05, 0.1) is 25.9 Å². The van der Waals surface area contributed by atoms with Crippen LogP contribution in [0.3, 0.4) is 0 Å². The van der Waals surface area contributed by atoms with E-state index in [4.69, 9.17) is 4.42 Å². The van der Waals surface area contributed by atoms with Gasteiger partial charge >= 0.3 is 0 Å². The summed E-state index contributed by atoms with van der Waals surface area (Å²) in [6.07, 6.45) is 5.45. The first-order chi connectivity index (χ1) is 12.0. The Bertz CT molecular complexity index is 681. The van der Waals surface area contributed by atoms with Crippen molar-refractivity contribution in [1.82, 2.24) is 24.3 Å². The van der Waals surface area contributed by atoms with Crippen LogP contribution >= 0.6 is 0 Å². The number of carbonyl (C=O) groups is 1. The number of hydrogen-bond donors (Lipinski definition) is 0. The van der Waals surface area contributed by atoms with E-state index in [0.29, 0.717) is 19.1 Å². The minimum absolute atomic E-state index is 0.126. The predicted molar refractivity (Wildman–Crippen MR) is 94.7 cm³/mol. The fourth-order valence-corrected chi connectivity index (χ4v) is 3.22. The first-order valence-electron chi connectivity index (χ1n) is 8.72. The van der Waals surface area contributed by atoms with Gasteiger partial charge in [0, 0.05) is 52.2 Å². The second-order valence-electron chi connectivity index (χ2n) is 6.84. The maximum atomic E-state index is 12.4. The van der Waals surface area contributed by atoms with Gasteiger partial charge in [-0.25, -0.2) is 4.98 Å². The average Bonchev–Trinajstić information content (AvgIpc) is 3.22. The van der Waals surface area contributed by atoms with Gasteiger partial charge in [0.25, 0.3) is 0 Å². The normalized spacial score (nSPS) is 19.2. The number of carbonyl (C=O) groups excluding carboxylic acids is 1. The Morgan fingerprint density at radius 2 is 2.28 bits per heavy atom. The Labute approximate surface area is 148 Å². The summed E-state index contributed by atoms with van der Waals surface area (Å²) in [6, 6.07) is 4.13. The fourth-order valence-electron chi connectivity index (χ4n) is 3.22. The Morgan fingerprint density at radius 1 is 1.44 bits per heavy atom. The van der Waals surface area contributed by atoms with E-state index in [0.717, 1.165) is 37.8 Å². The smallest absolute Gasteiger partial charge is 0.236 e. The zero-order chi connectivity index (χ0) is 17.8. The number of piperazine rings is 1. The Morgan fingerprint density at radius 3 is 2.92 bits per heavy atom. The number of amides is 1. The van der Waals surface area contributed by atoms with Crippen molar-refractivity contribution in [2.75, 3.05) is 33.2 Å². The van der Waals surface area contributed by atoms with Crippen LogP contribution in [0.15, 0.2) is 35.2 Å². The van der Waals surface area contributed by atoms with E-state index in [1.807, 2.05) is 38.6 Å². The van der Waals surface area contributed by atoms with Gasteiger partial charge in [-0.15, -0.1) is 0 Å². The summed E-state index contributed by atoms with van der Waals surface area (Å²) < 4.78 is 7.37. The molecule has 2 aromatic heterocycles. The van der Waals surface area contributed by atoms with Gasteiger partial charge < -0.3 is 13.9 Å². The molecule has 1 amide bonds. The van der Waals surface area contributed by atoms with Crippen LogP contribution in [-0.4, -0.2) is 69.4 Å². The van der Waals surface area contributed by atoms with Crippen LogP contribution in [0.5, 0.6) is 0 Å². The molecule has 0 radical (unpaired) electrons. The van der Waals surface area contributed by atoms with E-state index in [1.165, 1.54) is 0 Å². The number of likely N-dealkylation sites (N-methyl/N-ethyl adjacent to an activating group) is 1. The molecule has 1 saturated heterocycles. The second kappa shape index (κ2) is 7.84. The molecule has 1 aliphatic rings. The molecular weight excluding hydrogens is 318 g/mol. The summed E-state index contributed by atoms with van der Waals surface area (Å²) in [7, 11) is 3.85. The van der Waals surface area contributed by atoms with Gasteiger partial charge in [-0.3, -0.25) is 14.6 Å². The topological polar surface area (TPSA) is 57.8 Å². The minimum Gasteiger partial charge on any atom is -0.467 e. The van der Waals surface area contributed by atoms with Gasteiger partial charge in [-0.1, -0.05) is 0 Å². The lowest BCUT2D eigenvalue weighted by molar-refractivity contribution is -0.132. The van der Waals surface area contributed by atoms with Crippen LogP contribution in [0.4, 0.5) is 0 Å². The van der Waals surface area contributed by atoms with Gasteiger partial charge in [0.1, 0.15) is 11.6 Å². The van der Waals surface area contributed by atoms with Gasteiger partial charge in [0.2, 0.25) is 5.91 Å². The third kappa shape index (κ3) is 4.49. The van der Waals surface area contributed by atoms with E-state index in [2.05, 4.69) is 26.3 Å². The lowest BCUT2D eigenvalue weighted by atomic mass is 10.2. The standard InChI is InChI=1S/C18H27N5O2/c1-15-11-22(8-9-23(15)13-17-19-6-7-20(17)2)14-18(24)21(3)12-16-5-4-10-25-16/h4-7,10,15H,8-9,11-14H2,1-3H3. The van der Waals surface area contributed by atoms with Gasteiger partial charge in [0.15, 0.2) is 0 Å². The first kappa shape index (κ1) is 17.7. The van der Waals surface area contributed by atoms with Crippen molar-refractivity contribution in [2.45, 2.75) is 26.1 Å². The van der Waals surface area contributed by atoms with Crippen LogP contribution in [0, 0.1) is 0 Å². The molecule has 7 heteroatoms. The lowest BCUT2D eigenvalue weighted by Gasteiger charge is -2.39. The summed E-state index contributed by atoms with van der Waals surface area (Å²) in [5.41, 5.74) is 0. The molecule has 1 unspecified atom stereocenters. The zero-order valence-electron chi connectivity index (χ0n) is 15.3.